The summed E-state index contributed by atoms with van der Waals surface area (Å²) >= 11 is 1.46. The van der Waals surface area contributed by atoms with Crippen LogP contribution in [-0.4, -0.2) is 18.1 Å². The summed E-state index contributed by atoms with van der Waals surface area (Å²) in [4.78, 5) is 11.3. The van der Waals surface area contributed by atoms with Gasteiger partial charge in [0.05, 0.1) is 6.04 Å². The van der Waals surface area contributed by atoms with E-state index < -0.39 is 0 Å². The lowest BCUT2D eigenvalue weighted by molar-refractivity contribution is -0.118. The van der Waals surface area contributed by atoms with Crippen molar-refractivity contribution < 1.29 is 4.79 Å². The van der Waals surface area contributed by atoms with Crippen molar-refractivity contribution in [1.29, 1.82) is 0 Å². The van der Waals surface area contributed by atoms with Crippen LogP contribution in [0.1, 0.15) is 12.5 Å². The number of hydrogen-bond donors (Lipinski definition) is 2. The van der Waals surface area contributed by atoms with Crippen LogP contribution in [0.3, 0.4) is 0 Å². The largest absolute Gasteiger partial charge is 0.399 e. The molecule has 0 unspecified atom stereocenters. The van der Waals surface area contributed by atoms with Crippen molar-refractivity contribution in [2.45, 2.75) is 19.4 Å². The Hall–Kier alpha value is -1.00. The molecule has 0 spiro atoms. The Labute approximate surface area is 94.6 Å². The molecule has 1 rings (SSSR count). The summed E-state index contributed by atoms with van der Waals surface area (Å²) in [5.74, 6) is 0.145. The topological polar surface area (TPSA) is 55.1 Å². The van der Waals surface area contributed by atoms with Crippen molar-refractivity contribution in [2.24, 2.45) is 0 Å². The number of carbonyl (C=O) groups is 1. The zero-order chi connectivity index (χ0) is 11.3. The lowest BCUT2D eigenvalue weighted by Crippen LogP contribution is -2.32. The van der Waals surface area contributed by atoms with Crippen molar-refractivity contribution in [3.8, 4) is 0 Å². The molecule has 0 saturated carbocycles. The quantitative estimate of drug-likeness (QED) is 0.589. The molecule has 0 fully saturated rings. The van der Waals surface area contributed by atoms with Crippen molar-refractivity contribution in [3.63, 3.8) is 0 Å². The minimum absolute atomic E-state index is 0.137. The first-order valence-electron chi connectivity index (χ1n) is 4.77. The van der Waals surface area contributed by atoms with Crippen LogP contribution in [0.15, 0.2) is 24.3 Å². The number of nitrogens with two attached hydrogens (primary N) is 1. The molecule has 0 amide bonds. The average molecular weight is 224 g/mol. The molecule has 3 nitrogen and oxygen atoms in total. The molecule has 82 valence electrons. The molecule has 0 aromatic heterocycles. The molecular weight excluding hydrogens is 208 g/mol. The number of nitrogen functional groups attached to an aromatic ring is 1. The van der Waals surface area contributed by atoms with Gasteiger partial charge in [-0.05, 0) is 37.3 Å². The van der Waals surface area contributed by atoms with E-state index in [-0.39, 0.29) is 11.8 Å². The van der Waals surface area contributed by atoms with Crippen molar-refractivity contribution in [1.82, 2.24) is 4.72 Å². The number of carbonyl (C=O) groups excluding carboxylic acids is 1. The van der Waals surface area contributed by atoms with E-state index in [1.165, 1.54) is 11.9 Å². The molecule has 3 N–H and O–H groups in total. The van der Waals surface area contributed by atoms with E-state index in [0.717, 1.165) is 11.3 Å². The van der Waals surface area contributed by atoms with Crippen molar-refractivity contribution in [3.05, 3.63) is 29.8 Å². The Balaban J connectivity index is 2.69. The standard InChI is InChI=1S/C11H16N2OS/c1-8(14)11(13-15-2)7-9-4-3-5-10(12)6-9/h3-6,11,13H,7,12H2,1-2H3/t11-/m1/s1. The van der Waals surface area contributed by atoms with Gasteiger partial charge in [-0.3, -0.25) is 9.52 Å². The molecule has 4 heteroatoms. The minimum atomic E-state index is -0.137. The maximum absolute atomic E-state index is 11.3. The highest BCUT2D eigenvalue weighted by Gasteiger charge is 2.13. The monoisotopic (exact) mass is 224 g/mol. The Kier molecular flexibility index (Phi) is 4.65. The molecule has 15 heavy (non-hydrogen) atoms. The van der Waals surface area contributed by atoms with Crippen LogP contribution in [-0.2, 0) is 11.2 Å². The summed E-state index contributed by atoms with van der Waals surface area (Å²) in [6.45, 7) is 1.60. The van der Waals surface area contributed by atoms with Gasteiger partial charge in [0.25, 0.3) is 0 Å². The van der Waals surface area contributed by atoms with E-state index in [4.69, 9.17) is 5.73 Å². The highest BCUT2D eigenvalue weighted by atomic mass is 32.2. The van der Waals surface area contributed by atoms with Crippen LogP contribution in [0, 0.1) is 0 Å². The number of hydrogen-bond acceptors (Lipinski definition) is 4. The number of anilines is 1. The Morgan fingerprint density at radius 2 is 2.33 bits per heavy atom. The third-order valence-corrected chi connectivity index (χ3v) is 2.66. The zero-order valence-corrected chi connectivity index (χ0v) is 9.80. The van der Waals surface area contributed by atoms with Crippen LogP contribution in [0.5, 0.6) is 0 Å². The number of Topliss-reactive ketones (excluding diaryl/α,β-unsaturated/α-hetero) is 1. The fourth-order valence-corrected chi connectivity index (χ4v) is 1.90. The number of rotatable bonds is 5. The third kappa shape index (κ3) is 3.93. The zero-order valence-electron chi connectivity index (χ0n) is 8.99. The van der Waals surface area contributed by atoms with Gasteiger partial charge in [0.15, 0.2) is 0 Å². The van der Waals surface area contributed by atoms with Gasteiger partial charge in [0.1, 0.15) is 5.78 Å². The molecule has 0 saturated heterocycles. The normalized spacial score (nSPS) is 12.4. The fraction of sp³-hybridized carbons (Fsp3) is 0.364. The summed E-state index contributed by atoms with van der Waals surface area (Å²) in [7, 11) is 0. The summed E-state index contributed by atoms with van der Waals surface area (Å²) in [6.07, 6.45) is 2.59. The van der Waals surface area contributed by atoms with Crippen LogP contribution in [0.4, 0.5) is 5.69 Å². The SMILES string of the molecule is CSN[C@H](Cc1cccc(N)c1)C(C)=O. The summed E-state index contributed by atoms with van der Waals surface area (Å²) in [6, 6.07) is 7.49. The Bertz CT molecular complexity index is 341. The molecule has 1 aromatic rings. The molecule has 0 heterocycles. The van der Waals surface area contributed by atoms with Crippen LogP contribution in [0.2, 0.25) is 0 Å². The van der Waals surface area contributed by atoms with E-state index in [1.807, 2.05) is 30.5 Å². The first kappa shape index (κ1) is 12.1. The van der Waals surface area contributed by atoms with Gasteiger partial charge in [0.2, 0.25) is 0 Å². The lowest BCUT2D eigenvalue weighted by atomic mass is 10.0. The summed E-state index contributed by atoms with van der Waals surface area (Å²) in [5, 5.41) is 0. The minimum Gasteiger partial charge on any atom is -0.399 e. The van der Waals surface area contributed by atoms with E-state index in [1.54, 1.807) is 6.92 Å². The van der Waals surface area contributed by atoms with Crippen molar-refractivity contribution >= 4 is 23.4 Å². The first-order chi connectivity index (χ1) is 7.13. The lowest BCUT2D eigenvalue weighted by Gasteiger charge is -2.13. The first-order valence-corrected chi connectivity index (χ1v) is 5.99. The van der Waals surface area contributed by atoms with Gasteiger partial charge in [-0.1, -0.05) is 24.1 Å². The van der Waals surface area contributed by atoms with Gasteiger partial charge >= 0.3 is 0 Å². The third-order valence-electron chi connectivity index (χ3n) is 2.14. The predicted molar refractivity (Wildman–Crippen MR) is 65.7 cm³/mol. The van der Waals surface area contributed by atoms with Crippen LogP contribution < -0.4 is 10.5 Å². The maximum atomic E-state index is 11.3. The molecular formula is C11H16N2OS. The van der Waals surface area contributed by atoms with Gasteiger partial charge in [-0.15, -0.1) is 0 Å². The molecule has 0 bridgehead atoms. The molecule has 0 aliphatic carbocycles. The van der Waals surface area contributed by atoms with Gasteiger partial charge < -0.3 is 5.73 Å². The van der Waals surface area contributed by atoms with E-state index in [2.05, 4.69) is 4.72 Å². The Morgan fingerprint density at radius 1 is 1.60 bits per heavy atom. The van der Waals surface area contributed by atoms with Crippen LogP contribution in [0.25, 0.3) is 0 Å². The number of ketones is 1. The van der Waals surface area contributed by atoms with E-state index >= 15 is 0 Å². The smallest absolute Gasteiger partial charge is 0.147 e. The predicted octanol–water partition coefficient (Wildman–Crippen LogP) is 1.64. The second-order valence-electron chi connectivity index (χ2n) is 3.43. The average Bonchev–Trinajstić information content (AvgIpc) is 2.17. The second kappa shape index (κ2) is 5.78. The van der Waals surface area contributed by atoms with E-state index in [9.17, 15) is 4.79 Å². The van der Waals surface area contributed by atoms with Crippen molar-refractivity contribution in [2.75, 3.05) is 12.0 Å². The molecule has 0 radical (unpaired) electrons. The summed E-state index contributed by atoms with van der Waals surface area (Å²) in [5.41, 5.74) is 7.49. The Morgan fingerprint density at radius 3 is 2.87 bits per heavy atom. The maximum Gasteiger partial charge on any atom is 0.147 e. The van der Waals surface area contributed by atoms with Gasteiger partial charge in [-0.25, -0.2) is 0 Å². The van der Waals surface area contributed by atoms with E-state index in [0.29, 0.717) is 6.42 Å². The van der Waals surface area contributed by atoms with Gasteiger partial charge in [-0.2, -0.15) is 0 Å². The number of nitrogens with one attached hydrogen (secondary N) is 1. The molecule has 1 atom stereocenters. The molecule has 1 aromatic carbocycles. The van der Waals surface area contributed by atoms with Crippen LogP contribution >= 0.6 is 11.9 Å². The highest BCUT2D eigenvalue weighted by Crippen LogP contribution is 2.10. The molecule has 0 aliphatic heterocycles. The highest BCUT2D eigenvalue weighted by molar-refractivity contribution is 7.96. The summed E-state index contributed by atoms with van der Waals surface area (Å²) < 4.78 is 3.08. The molecule has 0 aliphatic rings. The second-order valence-corrected chi connectivity index (χ2v) is 4.08. The number of benzene rings is 1. The fourth-order valence-electron chi connectivity index (χ4n) is 1.37. The van der Waals surface area contributed by atoms with Gasteiger partial charge in [0, 0.05) is 5.69 Å².